The minimum atomic E-state index is -0.995. The van der Waals surface area contributed by atoms with Crippen molar-refractivity contribution < 1.29 is 76.3 Å². The highest BCUT2D eigenvalue weighted by atomic mass is 32.2. The molecule has 1 atom stereocenters. The van der Waals surface area contributed by atoms with E-state index in [2.05, 4.69) is 5.32 Å². The predicted octanol–water partition coefficient (Wildman–Crippen LogP) is 1.27. The van der Waals surface area contributed by atoms with Gasteiger partial charge in [-0.2, -0.15) is 0 Å². The monoisotopic (exact) mass is 789 g/mol. The van der Waals surface area contributed by atoms with Crippen LogP contribution in [0.5, 0.6) is 0 Å². The minimum absolute atomic E-state index is 0.119. The van der Waals surface area contributed by atoms with E-state index < -0.39 is 11.2 Å². The molecule has 0 aliphatic heterocycles. The standard InChI is InChI=1S/C35H67NO16S/c1-31(2)53-33(30-34(38)39)35(40)36-5-7-42-9-11-44-13-15-46-17-19-48-21-23-50-25-27-52-29-28-51-26-24-49-22-20-47-18-16-45-14-12-43-10-8-41-6-4-32(3)37/h31,33H,4-30H2,1-3H3,(H,36,40)(H,38,39). The number of nitrogens with one attached hydrogen (secondary N) is 1. The fraction of sp³-hybridized carbons (Fsp3) is 0.914. The van der Waals surface area contributed by atoms with Gasteiger partial charge in [-0.3, -0.25) is 14.4 Å². The van der Waals surface area contributed by atoms with E-state index in [-0.39, 0.29) is 23.4 Å². The Balaban J connectivity index is 3.20. The van der Waals surface area contributed by atoms with E-state index in [1.54, 1.807) is 6.92 Å². The van der Waals surface area contributed by atoms with Crippen molar-refractivity contribution >= 4 is 29.4 Å². The van der Waals surface area contributed by atoms with Crippen LogP contribution in [0.25, 0.3) is 0 Å². The van der Waals surface area contributed by atoms with E-state index in [4.69, 9.17) is 61.9 Å². The van der Waals surface area contributed by atoms with Gasteiger partial charge in [-0.25, -0.2) is 0 Å². The molecule has 0 saturated heterocycles. The zero-order chi connectivity index (χ0) is 38.9. The van der Waals surface area contributed by atoms with Gasteiger partial charge < -0.3 is 67.3 Å². The number of rotatable bonds is 44. The molecule has 0 saturated carbocycles. The molecule has 0 bridgehead atoms. The van der Waals surface area contributed by atoms with Crippen molar-refractivity contribution in [2.24, 2.45) is 0 Å². The molecule has 18 heteroatoms. The van der Waals surface area contributed by atoms with Gasteiger partial charge >= 0.3 is 5.97 Å². The summed E-state index contributed by atoms with van der Waals surface area (Å²) in [5.74, 6) is -1.17. The number of carbonyl (C=O) groups is 3. The van der Waals surface area contributed by atoms with Gasteiger partial charge in [0.15, 0.2) is 0 Å². The van der Waals surface area contributed by atoms with Crippen LogP contribution in [0, 0.1) is 0 Å². The lowest BCUT2D eigenvalue weighted by Gasteiger charge is -2.16. The Kier molecular flexibility index (Phi) is 40.4. The van der Waals surface area contributed by atoms with Crippen molar-refractivity contribution in [3.8, 4) is 0 Å². The van der Waals surface area contributed by atoms with Crippen LogP contribution >= 0.6 is 11.8 Å². The van der Waals surface area contributed by atoms with E-state index >= 15 is 0 Å². The van der Waals surface area contributed by atoms with Crippen molar-refractivity contribution in [1.82, 2.24) is 5.32 Å². The van der Waals surface area contributed by atoms with Crippen molar-refractivity contribution in [3.63, 3.8) is 0 Å². The summed E-state index contributed by atoms with van der Waals surface area (Å²) in [7, 11) is 0. The molecule has 0 spiro atoms. The Bertz CT molecular complexity index is 829. The van der Waals surface area contributed by atoms with Crippen molar-refractivity contribution in [2.45, 2.75) is 44.1 Å². The molecule has 314 valence electrons. The van der Waals surface area contributed by atoms with Crippen molar-refractivity contribution in [2.75, 3.05) is 165 Å². The number of Topliss-reactive ketones (excluding diaryl/α,β-unsaturated/α-hetero) is 1. The maximum atomic E-state index is 12.2. The van der Waals surface area contributed by atoms with Crippen LogP contribution in [0.3, 0.4) is 0 Å². The van der Waals surface area contributed by atoms with E-state index in [1.165, 1.54) is 11.8 Å². The van der Waals surface area contributed by atoms with Crippen LogP contribution in [-0.2, 0) is 71.2 Å². The number of carbonyl (C=O) groups excluding carboxylic acids is 2. The smallest absolute Gasteiger partial charge is 0.305 e. The SMILES string of the molecule is CC(=O)CCOCCOCCOCCOCCOCCOCCOCCOCCOCCOCCOCCOCCNC(=O)C(CC(=O)O)SC(C)C. The molecule has 0 aromatic rings. The topological polar surface area (TPSA) is 194 Å². The second-order valence-corrected chi connectivity index (χ2v) is 13.1. The normalized spacial score (nSPS) is 12.1. The van der Waals surface area contributed by atoms with Gasteiger partial charge in [0.25, 0.3) is 0 Å². The molecule has 0 aromatic heterocycles. The minimum Gasteiger partial charge on any atom is -0.481 e. The number of amides is 1. The second kappa shape index (κ2) is 41.6. The summed E-state index contributed by atoms with van der Waals surface area (Å²) in [4.78, 5) is 33.9. The number of carboxylic acids is 1. The first-order chi connectivity index (χ1) is 25.8. The van der Waals surface area contributed by atoms with Gasteiger partial charge in [-0.1, -0.05) is 13.8 Å². The molecule has 0 fully saturated rings. The molecule has 0 radical (unpaired) electrons. The molecule has 0 rings (SSSR count). The highest BCUT2D eigenvalue weighted by molar-refractivity contribution is 8.01. The summed E-state index contributed by atoms with van der Waals surface area (Å²) in [6.45, 7) is 16.7. The lowest BCUT2D eigenvalue weighted by molar-refractivity contribution is -0.138. The maximum absolute atomic E-state index is 12.2. The van der Waals surface area contributed by atoms with E-state index in [0.717, 1.165) is 0 Å². The van der Waals surface area contributed by atoms with E-state index in [0.29, 0.717) is 172 Å². The molecule has 0 aliphatic carbocycles. The number of ketones is 1. The molecular weight excluding hydrogens is 722 g/mol. The van der Waals surface area contributed by atoms with Crippen LogP contribution in [0.2, 0.25) is 0 Å². The largest absolute Gasteiger partial charge is 0.481 e. The highest BCUT2D eigenvalue weighted by Crippen LogP contribution is 2.20. The average Bonchev–Trinajstić information content (AvgIpc) is 3.11. The molecule has 1 unspecified atom stereocenters. The van der Waals surface area contributed by atoms with Crippen molar-refractivity contribution in [1.29, 1.82) is 0 Å². The lowest BCUT2D eigenvalue weighted by atomic mass is 10.3. The number of ether oxygens (including phenoxy) is 12. The Morgan fingerprint density at radius 1 is 0.472 bits per heavy atom. The summed E-state index contributed by atoms with van der Waals surface area (Å²) in [6.07, 6.45) is 0.226. The molecule has 0 heterocycles. The van der Waals surface area contributed by atoms with Crippen LogP contribution in [0.1, 0.15) is 33.6 Å². The zero-order valence-corrected chi connectivity index (χ0v) is 33.0. The molecule has 2 N–H and O–H groups in total. The summed E-state index contributed by atoms with van der Waals surface area (Å²) in [5, 5.41) is 11.2. The number of aliphatic carboxylic acids is 1. The van der Waals surface area contributed by atoms with E-state index in [9.17, 15) is 14.4 Å². The molecular formula is C35H67NO16S. The summed E-state index contributed by atoms with van der Waals surface area (Å²) < 4.78 is 65.2. The maximum Gasteiger partial charge on any atom is 0.305 e. The van der Waals surface area contributed by atoms with Gasteiger partial charge in [-0.05, 0) is 12.2 Å². The molecule has 1 amide bonds. The first kappa shape index (κ1) is 51.5. The second-order valence-electron chi connectivity index (χ2n) is 11.4. The van der Waals surface area contributed by atoms with Gasteiger partial charge in [0.2, 0.25) is 5.91 Å². The Morgan fingerprint density at radius 2 is 0.736 bits per heavy atom. The third-order valence-electron chi connectivity index (χ3n) is 6.33. The number of carboxylic acid groups (broad SMARTS) is 1. The Hall–Kier alpha value is -1.52. The van der Waals surface area contributed by atoms with Crippen LogP contribution in [-0.4, -0.2) is 198 Å². The van der Waals surface area contributed by atoms with Gasteiger partial charge in [0.1, 0.15) is 5.78 Å². The quantitative estimate of drug-likeness (QED) is 0.0838. The fourth-order valence-corrected chi connectivity index (χ4v) is 4.89. The summed E-state index contributed by atoms with van der Waals surface area (Å²) in [5.41, 5.74) is 0. The lowest BCUT2D eigenvalue weighted by Crippen LogP contribution is -2.37. The van der Waals surface area contributed by atoms with Gasteiger partial charge in [0, 0.05) is 13.0 Å². The molecule has 17 nitrogen and oxygen atoms in total. The summed E-state index contributed by atoms with van der Waals surface area (Å²) >= 11 is 1.34. The van der Waals surface area contributed by atoms with Crippen LogP contribution in [0.15, 0.2) is 0 Å². The first-order valence-electron chi connectivity index (χ1n) is 18.4. The van der Waals surface area contributed by atoms with E-state index in [1.807, 2.05) is 13.8 Å². The van der Waals surface area contributed by atoms with Crippen LogP contribution < -0.4 is 5.32 Å². The third-order valence-corrected chi connectivity index (χ3v) is 7.58. The molecule has 53 heavy (non-hydrogen) atoms. The third kappa shape index (κ3) is 43.1. The Morgan fingerprint density at radius 3 is 0.981 bits per heavy atom. The predicted molar refractivity (Wildman–Crippen MR) is 197 cm³/mol. The first-order valence-corrected chi connectivity index (χ1v) is 19.3. The molecule has 0 aromatic carbocycles. The van der Waals surface area contributed by atoms with Crippen LogP contribution in [0.4, 0.5) is 0 Å². The van der Waals surface area contributed by atoms with Gasteiger partial charge in [-0.15, -0.1) is 11.8 Å². The number of hydrogen-bond donors (Lipinski definition) is 2. The Labute approximate surface area is 319 Å². The highest BCUT2D eigenvalue weighted by Gasteiger charge is 2.23. The average molecular weight is 790 g/mol. The molecule has 0 aliphatic rings. The number of thioether (sulfide) groups is 1. The number of hydrogen-bond acceptors (Lipinski definition) is 16. The van der Waals surface area contributed by atoms with Crippen molar-refractivity contribution in [3.05, 3.63) is 0 Å². The van der Waals surface area contributed by atoms with Gasteiger partial charge in [0.05, 0.1) is 170 Å². The summed E-state index contributed by atoms with van der Waals surface area (Å²) in [6, 6.07) is 0. The zero-order valence-electron chi connectivity index (χ0n) is 32.2. The fourth-order valence-electron chi connectivity index (χ4n) is 3.79.